The number of rotatable bonds is 3. The summed E-state index contributed by atoms with van der Waals surface area (Å²) in [5.74, 6) is 0.0326. The minimum atomic E-state index is -4.44. The summed E-state index contributed by atoms with van der Waals surface area (Å²) in [7, 11) is 0. The van der Waals surface area contributed by atoms with E-state index in [0.29, 0.717) is 28.5 Å². The van der Waals surface area contributed by atoms with Crippen molar-refractivity contribution in [2.45, 2.75) is 26.1 Å². The number of carbonyl (C=O) groups is 1. The van der Waals surface area contributed by atoms with Gasteiger partial charge >= 0.3 is 6.18 Å². The molecule has 2 heterocycles. The molecule has 30 heavy (non-hydrogen) atoms. The van der Waals surface area contributed by atoms with E-state index in [-0.39, 0.29) is 5.91 Å². The van der Waals surface area contributed by atoms with Gasteiger partial charge in [-0.3, -0.25) is 4.79 Å². The van der Waals surface area contributed by atoms with E-state index < -0.39 is 17.8 Å². The lowest BCUT2D eigenvalue weighted by atomic mass is 9.94. The lowest BCUT2D eigenvalue weighted by molar-refractivity contribution is -0.137. The van der Waals surface area contributed by atoms with Crippen molar-refractivity contribution in [2.75, 3.05) is 10.6 Å². The summed E-state index contributed by atoms with van der Waals surface area (Å²) in [6.07, 6.45) is -3.11. The van der Waals surface area contributed by atoms with Gasteiger partial charge in [0.15, 0.2) is 0 Å². The largest absolute Gasteiger partial charge is 0.416 e. The number of halogens is 3. The Balaban J connectivity index is 1.76. The highest BCUT2D eigenvalue weighted by atomic mass is 19.4. The second-order valence-electron chi connectivity index (χ2n) is 6.98. The summed E-state index contributed by atoms with van der Waals surface area (Å²) in [5, 5.41) is 10.1. The van der Waals surface area contributed by atoms with E-state index in [0.717, 1.165) is 17.7 Å². The van der Waals surface area contributed by atoms with Gasteiger partial charge in [-0.2, -0.15) is 23.3 Å². The number of hydrogen-bond acceptors (Lipinski definition) is 4. The smallest absolute Gasteiger partial charge is 0.328 e. The minimum absolute atomic E-state index is 0.344. The summed E-state index contributed by atoms with van der Waals surface area (Å²) >= 11 is 0. The van der Waals surface area contributed by atoms with Gasteiger partial charge in [0.2, 0.25) is 5.95 Å². The number of aromatic nitrogens is 3. The first-order valence-corrected chi connectivity index (χ1v) is 9.17. The Bertz CT molecular complexity index is 1130. The Morgan fingerprint density at radius 3 is 2.47 bits per heavy atom. The predicted molar refractivity (Wildman–Crippen MR) is 106 cm³/mol. The summed E-state index contributed by atoms with van der Waals surface area (Å²) in [4.78, 5) is 17.3. The molecule has 0 aliphatic carbocycles. The van der Waals surface area contributed by atoms with E-state index >= 15 is 0 Å². The number of aryl methyl sites for hydroxylation is 1. The van der Waals surface area contributed by atoms with Gasteiger partial charge in [0.25, 0.3) is 5.91 Å². The zero-order chi connectivity index (χ0) is 21.5. The van der Waals surface area contributed by atoms with Crippen LogP contribution in [0.4, 0.5) is 24.8 Å². The van der Waals surface area contributed by atoms with Crippen LogP contribution < -0.4 is 10.6 Å². The normalized spacial score (nSPS) is 16.1. The third-order valence-corrected chi connectivity index (χ3v) is 4.99. The maximum atomic E-state index is 13.2. The highest BCUT2D eigenvalue weighted by molar-refractivity contribution is 6.06. The van der Waals surface area contributed by atoms with Crippen molar-refractivity contribution in [3.8, 4) is 0 Å². The van der Waals surface area contributed by atoms with Crippen molar-refractivity contribution in [2.24, 2.45) is 0 Å². The van der Waals surface area contributed by atoms with Crippen LogP contribution in [0.5, 0.6) is 0 Å². The molecule has 1 atom stereocenters. The van der Waals surface area contributed by atoms with Crippen molar-refractivity contribution in [1.29, 1.82) is 0 Å². The van der Waals surface area contributed by atoms with E-state index in [1.54, 1.807) is 13.0 Å². The molecule has 1 aromatic heterocycles. The van der Waals surface area contributed by atoms with Crippen LogP contribution in [-0.4, -0.2) is 20.7 Å². The molecule has 0 bridgehead atoms. The van der Waals surface area contributed by atoms with Crippen molar-refractivity contribution < 1.29 is 18.0 Å². The van der Waals surface area contributed by atoms with Gasteiger partial charge in [-0.15, -0.1) is 0 Å². The van der Waals surface area contributed by atoms with Crippen LogP contribution in [0.15, 0.2) is 66.1 Å². The van der Waals surface area contributed by atoms with Crippen LogP contribution in [0.25, 0.3) is 0 Å². The van der Waals surface area contributed by atoms with Gasteiger partial charge in [0.05, 0.1) is 11.1 Å². The average Bonchev–Trinajstić information content (AvgIpc) is 3.16. The van der Waals surface area contributed by atoms with Crippen molar-refractivity contribution >= 4 is 17.5 Å². The summed E-state index contributed by atoms with van der Waals surface area (Å²) in [6.45, 7) is 3.60. The van der Waals surface area contributed by atoms with Crippen molar-refractivity contribution in [3.05, 3.63) is 82.8 Å². The number of nitrogens with one attached hydrogen (secondary N) is 2. The molecule has 0 spiro atoms. The standard InChI is InChI=1S/C21H18F3N5O/c1-12-5-3-4-6-16(12)28-19(30)17-13(2)27-20-25-11-26-29(20)18(17)14-7-9-15(10-8-14)21(22,23)24/h3-11,18H,1-2H3,(H,28,30)(H,25,26,27)/t18-/m1/s1. The van der Waals surface area contributed by atoms with Crippen LogP contribution in [0, 0.1) is 6.92 Å². The molecule has 3 aromatic rings. The molecule has 0 radical (unpaired) electrons. The zero-order valence-corrected chi connectivity index (χ0v) is 16.2. The third kappa shape index (κ3) is 3.54. The Kier molecular flexibility index (Phi) is 4.81. The molecule has 0 unspecified atom stereocenters. The number of benzene rings is 2. The fraction of sp³-hybridized carbons (Fsp3) is 0.190. The van der Waals surface area contributed by atoms with E-state index in [9.17, 15) is 18.0 Å². The number of fused-ring (bicyclic) bond motifs is 1. The molecule has 9 heteroatoms. The molecule has 154 valence electrons. The molecule has 0 saturated carbocycles. The minimum Gasteiger partial charge on any atom is -0.328 e. The first-order valence-electron chi connectivity index (χ1n) is 9.17. The third-order valence-electron chi connectivity index (χ3n) is 4.99. The lowest BCUT2D eigenvalue weighted by Crippen LogP contribution is -2.31. The lowest BCUT2D eigenvalue weighted by Gasteiger charge is -2.29. The van der Waals surface area contributed by atoms with Crippen LogP contribution in [0.1, 0.15) is 29.7 Å². The fourth-order valence-corrected chi connectivity index (χ4v) is 3.45. The number of carbonyl (C=O) groups excluding carboxylic acids is 1. The Labute approximate surface area is 170 Å². The SMILES string of the molecule is CC1=C(C(=O)Nc2ccccc2C)[C@@H](c2ccc(C(F)(F)F)cc2)n2ncnc2N1. The van der Waals surface area contributed by atoms with Gasteiger partial charge < -0.3 is 10.6 Å². The quantitative estimate of drug-likeness (QED) is 0.662. The molecule has 2 aromatic carbocycles. The number of nitrogens with zero attached hydrogens (tertiary/aromatic N) is 3. The summed E-state index contributed by atoms with van der Waals surface area (Å²) in [6, 6.07) is 11.3. The van der Waals surface area contributed by atoms with Gasteiger partial charge in [-0.1, -0.05) is 30.3 Å². The molecule has 0 fully saturated rings. The summed E-state index contributed by atoms with van der Waals surface area (Å²) in [5.41, 5.74) is 2.16. The first-order chi connectivity index (χ1) is 14.3. The van der Waals surface area contributed by atoms with Crippen LogP contribution in [0.3, 0.4) is 0 Å². The molecule has 2 N–H and O–H groups in total. The van der Waals surface area contributed by atoms with Gasteiger partial charge in [0.1, 0.15) is 12.4 Å². The fourth-order valence-electron chi connectivity index (χ4n) is 3.45. The molecule has 4 rings (SSSR count). The van der Waals surface area contributed by atoms with Gasteiger partial charge in [-0.25, -0.2) is 4.68 Å². The van der Waals surface area contributed by atoms with Crippen LogP contribution in [-0.2, 0) is 11.0 Å². The van der Waals surface area contributed by atoms with E-state index in [2.05, 4.69) is 20.7 Å². The summed E-state index contributed by atoms with van der Waals surface area (Å²) < 4.78 is 40.5. The maximum Gasteiger partial charge on any atom is 0.416 e. The van der Waals surface area contributed by atoms with E-state index in [1.165, 1.54) is 23.1 Å². The number of para-hydroxylation sites is 1. The first kappa shape index (κ1) is 19.7. The Morgan fingerprint density at radius 2 is 1.80 bits per heavy atom. The molecule has 1 aliphatic heterocycles. The number of amides is 1. The predicted octanol–water partition coefficient (Wildman–Crippen LogP) is 4.53. The zero-order valence-electron chi connectivity index (χ0n) is 16.2. The van der Waals surface area contributed by atoms with Crippen LogP contribution >= 0.6 is 0 Å². The molecule has 1 aliphatic rings. The Hall–Kier alpha value is -3.62. The maximum absolute atomic E-state index is 13.2. The second kappa shape index (κ2) is 7.33. The van der Waals surface area contributed by atoms with Gasteiger partial charge in [0, 0.05) is 11.4 Å². The number of alkyl halides is 3. The Morgan fingerprint density at radius 1 is 1.10 bits per heavy atom. The molecule has 6 nitrogen and oxygen atoms in total. The van der Waals surface area contributed by atoms with Gasteiger partial charge in [-0.05, 0) is 43.2 Å². The van der Waals surface area contributed by atoms with Crippen molar-refractivity contribution in [1.82, 2.24) is 14.8 Å². The molecule has 1 amide bonds. The monoisotopic (exact) mass is 413 g/mol. The molecular weight excluding hydrogens is 395 g/mol. The highest BCUT2D eigenvalue weighted by Gasteiger charge is 2.35. The highest BCUT2D eigenvalue weighted by Crippen LogP contribution is 2.37. The number of anilines is 2. The van der Waals surface area contributed by atoms with Crippen LogP contribution in [0.2, 0.25) is 0 Å². The molecular formula is C21H18F3N5O. The van der Waals surface area contributed by atoms with E-state index in [4.69, 9.17) is 0 Å². The second-order valence-corrected chi connectivity index (χ2v) is 6.98. The topological polar surface area (TPSA) is 71.8 Å². The van der Waals surface area contributed by atoms with Crippen molar-refractivity contribution in [3.63, 3.8) is 0 Å². The molecule has 0 saturated heterocycles. The number of allylic oxidation sites excluding steroid dienone is 1. The average molecular weight is 413 g/mol. The number of hydrogen-bond donors (Lipinski definition) is 2. The van der Waals surface area contributed by atoms with E-state index in [1.807, 2.05) is 25.1 Å².